The number of phenolic OH excluding ortho intramolecular Hbond substituents is 1. The monoisotopic (exact) mass is 327 g/mol. The number of hydrogen-bond donors (Lipinski definition) is 1. The first-order chi connectivity index (χ1) is 9.02. The van der Waals surface area contributed by atoms with Crippen molar-refractivity contribution >= 4 is 21.8 Å². The average molecular weight is 328 g/mol. The van der Waals surface area contributed by atoms with Crippen LogP contribution in [0.3, 0.4) is 0 Å². The van der Waals surface area contributed by atoms with Crippen LogP contribution in [0, 0.1) is 5.92 Å². The van der Waals surface area contributed by atoms with Crippen LogP contribution in [0.1, 0.15) is 23.7 Å². The maximum Gasteiger partial charge on any atom is 0.257 e. The summed E-state index contributed by atoms with van der Waals surface area (Å²) in [5, 5.41) is 9.90. The summed E-state index contributed by atoms with van der Waals surface area (Å²) in [5.41, 5.74) is 0.329. The van der Waals surface area contributed by atoms with Crippen LogP contribution in [-0.4, -0.2) is 40.9 Å². The van der Waals surface area contributed by atoms with Gasteiger partial charge < -0.3 is 14.7 Å². The zero-order valence-corrected chi connectivity index (χ0v) is 12.7. The van der Waals surface area contributed by atoms with Crippen molar-refractivity contribution in [2.75, 3.05) is 20.2 Å². The molecule has 1 fully saturated rings. The average Bonchev–Trinajstić information content (AvgIpc) is 2.41. The third-order valence-corrected chi connectivity index (χ3v) is 4.78. The second-order valence-corrected chi connectivity index (χ2v) is 6.09. The first-order valence-electron chi connectivity index (χ1n) is 6.33. The topological polar surface area (TPSA) is 49.8 Å². The van der Waals surface area contributed by atoms with Gasteiger partial charge in [-0.1, -0.05) is 22.9 Å². The first-order valence-corrected chi connectivity index (χ1v) is 7.25. The zero-order valence-electron chi connectivity index (χ0n) is 11.1. The van der Waals surface area contributed by atoms with E-state index in [0.717, 1.165) is 13.0 Å². The van der Waals surface area contributed by atoms with E-state index >= 15 is 0 Å². The fourth-order valence-electron chi connectivity index (χ4n) is 2.20. The second kappa shape index (κ2) is 5.82. The van der Waals surface area contributed by atoms with Crippen molar-refractivity contribution in [2.24, 2.45) is 5.92 Å². The Morgan fingerprint density at radius 2 is 2.26 bits per heavy atom. The lowest BCUT2D eigenvalue weighted by molar-refractivity contribution is 0.0703. The van der Waals surface area contributed by atoms with E-state index in [9.17, 15) is 9.90 Å². The molecule has 1 aromatic carbocycles. The van der Waals surface area contributed by atoms with Gasteiger partial charge in [0, 0.05) is 24.0 Å². The predicted molar refractivity (Wildman–Crippen MR) is 77.1 cm³/mol. The number of nitrogens with zero attached hydrogens (tertiary/aromatic N) is 1. The summed E-state index contributed by atoms with van der Waals surface area (Å²) in [4.78, 5) is 14.5. The van der Waals surface area contributed by atoms with Crippen LogP contribution in [0.5, 0.6) is 11.5 Å². The molecule has 1 aromatic rings. The number of likely N-dealkylation sites (tertiary alicyclic amines) is 1. The van der Waals surface area contributed by atoms with Gasteiger partial charge in [-0.25, -0.2) is 0 Å². The van der Waals surface area contributed by atoms with Crippen LogP contribution in [-0.2, 0) is 0 Å². The van der Waals surface area contributed by atoms with Gasteiger partial charge in [-0.2, -0.15) is 0 Å². The van der Waals surface area contributed by atoms with Gasteiger partial charge in [0.15, 0.2) is 0 Å². The highest BCUT2D eigenvalue weighted by atomic mass is 79.9. The summed E-state index contributed by atoms with van der Waals surface area (Å²) in [7, 11) is 1.53. The molecule has 0 aliphatic carbocycles. The second-order valence-electron chi connectivity index (χ2n) is 4.92. The molecule has 1 aliphatic rings. The molecule has 0 radical (unpaired) electrons. The number of aromatic hydroxyl groups is 1. The van der Waals surface area contributed by atoms with E-state index in [1.54, 1.807) is 17.0 Å². The van der Waals surface area contributed by atoms with Crippen molar-refractivity contribution < 1.29 is 14.6 Å². The van der Waals surface area contributed by atoms with Crippen LogP contribution in [0.15, 0.2) is 18.2 Å². The molecule has 104 valence electrons. The maximum atomic E-state index is 12.4. The molecule has 0 bridgehead atoms. The Bertz CT molecular complexity index is 478. The summed E-state index contributed by atoms with van der Waals surface area (Å²) in [5.74, 6) is 0.943. The molecule has 1 aliphatic heterocycles. The third-order valence-electron chi connectivity index (χ3n) is 3.59. The molecule has 19 heavy (non-hydrogen) atoms. The van der Waals surface area contributed by atoms with Crippen LogP contribution in [0.2, 0.25) is 0 Å². The molecule has 4 nitrogen and oxygen atoms in total. The Kier molecular flexibility index (Phi) is 4.34. The van der Waals surface area contributed by atoms with Crippen molar-refractivity contribution in [1.82, 2.24) is 4.90 Å². The normalized spacial score (nSPS) is 23.2. The van der Waals surface area contributed by atoms with E-state index in [1.165, 1.54) is 13.2 Å². The van der Waals surface area contributed by atoms with E-state index in [1.807, 2.05) is 0 Å². The number of rotatable bonds is 2. The lowest BCUT2D eigenvalue weighted by Crippen LogP contribution is -2.43. The molecule has 0 spiro atoms. The number of carbonyl (C=O) groups excluding carboxylic acids is 1. The highest BCUT2D eigenvalue weighted by Crippen LogP contribution is 2.28. The number of benzene rings is 1. The fraction of sp³-hybridized carbons (Fsp3) is 0.500. The van der Waals surface area contributed by atoms with Gasteiger partial charge >= 0.3 is 0 Å². The SMILES string of the molecule is COc1ccc(C(=O)N2CCC(C)C(Br)C2)c(O)c1. The highest BCUT2D eigenvalue weighted by molar-refractivity contribution is 9.09. The van der Waals surface area contributed by atoms with Gasteiger partial charge in [0.1, 0.15) is 11.5 Å². The van der Waals surface area contributed by atoms with Crippen LogP contribution in [0.25, 0.3) is 0 Å². The molecule has 2 unspecified atom stereocenters. The Hall–Kier alpha value is -1.23. The largest absolute Gasteiger partial charge is 0.507 e. The van der Waals surface area contributed by atoms with Gasteiger partial charge in [0.2, 0.25) is 0 Å². The Morgan fingerprint density at radius 1 is 1.53 bits per heavy atom. The molecule has 2 atom stereocenters. The number of ether oxygens (including phenoxy) is 1. The zero-order chi connectivity index (χ0) is 14.0. The standard InChI is InChI=1S/C14H18BrNO3/c1-9-5-6-16(8-12(9)15)14(18)11-4-3-10(19-2)7-13(11)17/h3-4,7,9,12,17H,5-6,8H2,1-2H3. The lowest BCUT2D eigenvalue weighted by atomic mass is 9.98. The lowest BCUT2D eigenvalue weighted by Gasteiger charge is -2.34. The number of alkyl halides is 1. The van der Waals surface area contributed by atoms with Gasteiger partial charge in [-0.3, -0.25) is 4.79 Å². The number of methoxy groups -OCH3 is 1. The minimum Gasteiger partial charge on any atom is -0.507 e. The Labute approximate surface area is 121 Å². The summed E-state index contributed by atoms with van der Waals surface area (Å²) < 4.78 is 5.01. The van der Waals surface area contributed by atoms with Gasteiger partial charge in [-0.05, 0) is 24.5 Å². The summed E-state index contributed by atoms with van der Waals surface area (Å²) in [6, 6.07) is 4.76. The first kappa shape index (κ1) is 14.2. The Balaban J connectivity index is 2.16. The molecule has 1 N–H and O–H groups in total. The smallest absolute Gasteiger partial charge is 0.257 e. The fourth-order valence-corrected chi connectivity index (χ4v) is 2.81. The minimum absolute atomic E-state index is 0.0332. The van der Waals surface area contributed by atoms with Crippen molar-refractivity contribution in [2.45, 2.75) is 18.2 Å². The van der Waals surface area contributed by atoms with Crippen LogP contribution < -0.4 is 4.74 Å². The van der Waals surface area contributed by atoms with Crippen molar-refractivity contribution in [3.8, 4) is 11.5 Å². The van der Waals surface area contributed by atoms with Gasteiger partial charge in [0.05, 0.1) is 12.7 Å². The molecule has 1 heterocycles. The maximum absolute atomic E-state index is 12.4. The minimum atomic E-state index is -0.128. The Morgan fingerprint density at radius 3 is 2.84 bits per heavy atom. The molecule has 2 rings (SSSR count). The number of carbonyl (C=O) groups is 1. The third kappa shape index (κ3) is 3.03. The molecule has 1 saturated heterocycles. The highest BCUT2D eigenvalue weighted by Gasteiger charge is 2.28. The number of halogens is 1. The molecule has 0 aromatic heterocycles. The molecule has 1 amide bonds. The summed E-state index contributed by atoms with van der Waals surface area (Å²) in [6.07, 6.45) is 0.971. The van der Waals surface area contributed by atoms with Crippen LogP contribution >= 0.6 is 15.9 Å². The van der Waals surface area contributed by atoms with E-state index in [0.29, 0.717) is 28.6 Å². The van der Waals surface area contributed by atoms with E-state index in [4.69, 9.17) is 4.74 Å². The quantitative estimate of drug-likeness (QED) is 0.849. The molecule has 5 heteroatoms. The van der Waals surface area contributed by atoms with Crippen molar-refractivity contribution in [3.63, 3.8) is 0 Å². The van der Waals surface area contributed by atoms with Crippen LogP contribution in [0.4, 0.5) is 0 Å². The van der Waals surface area contributed by atoms with Gasteiger partial charge in [-0.15, -0.1) is 0 Å². The van der Waals surface area contributed by atoms with E-state index in [2.05, 4.69) is 22.9 Å². The van der Waals surface area contributed by atoms with Crippen molar-refractivity contribution in [1.29, 1.82) is 0 Å². The van der Waals surface area contributed by atoms with Gasteiger partial charge in [0.25, 0.3) is 5.91 Å². The summed E-state index contributed by atoms with van der Waals surface area (Å²) >= 11 is 3.60. The number of piperidine rings is 1. The molecular weight excluding hydrogens is 310 g/mol. The molecule has 0 saturated carbocycles. The molecular formula is C14H18BrNO3. The number of phenols is 1. The summed E-state index contributed by atoms with van der Waals surface area (Å²) in [6.45, 7) is 3.57. The predicted octanol–water partition coefficient (Wildman–Crippen LogP) is 2.65. The van der Waals surface area contributed by atoms with Crippen molar-refractivity contribution in [3.05, 3.63) is 23.8 Å². The number of amides is 1. The number of hydrogen-bond acceptors (Lipinski definition) is 3. The van der Waals surface area contributed by atoms with E-state index < -0.39 is 0 Å². The van der Waals surface area contributed by atoms with E-state index in [-0.39, 0.29) is 11.7 Å².